The lowest BCUT2D eigenvalue weighted by Gasteiger charge is -2.14. The van der Waals surface area contributed by atoms with Gasteiger partial charge in [0, 0.05) is 11.6 Å². The number of carbonyl (C=O) groups is 1. The Kier molecular flexibility index (Phi) is 5.86. The summed E-state index contributed by atoms with van der Waals surface area (Å²) >= 11 is 0. The average molecular weight is 393 g/mol. The molecule has 3 aromatic rings. The van der Waals surface area contributed by atoms with Gasteiger partial charge in [0.1, 0.15) is 11.3 Å². The van der Waals surface area contributed by atoms with Crippen molar-refractivity contribution in [1.29, 1.82) is 0 Å². The van der Waals surface area contributed by atoms with Crippen LogP contribution in [0.25, 0.3) is 11.0 Å². The number of hydrogen-bond acceptors (Lipinski definition) is 5. The van der Waals surface area contributed by atoms with E-state index in [2.05, 4.69) is 29.6 Å². The normalized spacial score (nSPS) is 15.4. The zero-order valence-electron chi connectivity index (χ0n) is 17.0. The Morgan fingerprint density at radius 1 is 1.21 bits per heavy atom. The van der Waals surface area contributed by atoms with Crippen LogP contribution in [0.3, 0.4) is 0 Å². The molecule has 1 aliphatic carbocycles. The molecule has 1 N–H and O–H groups in total. The molecule has 1 aliphatic rings. The number of benzene rings is 2. The molecule has 1 aromatic heterocycles. The minimum Gasteiger partial charge on any atom is -0.493 e. The van der Waals surface area contributed by atoms with Crippen molar-refractivity contribution in [2.75, 3.05) is 19.8 Å². The van der Waals surface area contributed by atoms with Crippen molar-refractivity contribution in [3.63, 3.8) is 0 Å². The van der Waals surface area contributed by atoms with E-state index in [4.69, 9.17) is 13.9 Å². The number of esters is 1. The highest BCUT2D eigenvalue weighted by molar-refractivity contribution is 5.98. The van der Waals surface area contributed by atoms with Gasteiger partial charge >= 0.3 is 5.97 Å². The standard InChI is InChI=1S/C24H27NO4/c1-3-27-24(26)23-16(2)22-20(10-6-11-21(22)29-23)28-15-7-14-25-19-13-12-17-8-4-5-9-18(17)19/h4-6,8-11,19,25H,3,7,12-15H2,1-2H3. The number of hydrogen-bond donors (Lipinski definition) is 1. The first-order chi connectivity index (χ1) is 14.2. The summed E-state index contributed by atoms with van der Waals surface area (Å²) in [5.41, 5.74) is 4.29. The molecule has 0 bridgehead atoms. The van der Waals surface area contributed by atoms with Crippen LogP contribution in [0.4, 0.5) is 0 Å². The van der Waals surface area contributed by atoms with Crippen LogP contribution in [0.1, 0.15) is 53.1 Å². The summed E-state index contributed by atoms with van der Waals surface area (Å²) in [5, 5.41) is 4.49. The second kappa shape index (κ2) is 8.70. The Bertz CT molecular complexity index is 1010. The topological polar surface area (TPSA) is 60.7 Å². The maximum Gasteiger partial charge on any atom is 0.374 e. The first kappa shape index (κ1) is 19.5. The van der Waals surface area contributed by atoms with Crippen molar-refractivity contribution >= 4 is 16.9 Å². The smallest absolute Gasteiger partial charge is 0.374 e. The molecule has 29 heavy (non-hydrogen) atoms. The summed E-state index contributed by atoms with van der Waals surface area (Å²) in [6, 6.07) is 14.7. The lowest BCUT2D eigenvalue weighted by molar-refractivity contribution is 0.0491. The van der Waals surface area contributed by atoms with E-state index in [1.807, 2.05) is 25.1 Å². The summed E-state index contributed by atoms with van der Waals surface area (Å²) in [5.74, 6) is 0.554. The average Bonchev–Trinajstić information content (AvgIpc) is 3.30. The van der Waals surface area contributed by atoms with E-state index in [-0.39, 0.29) is 5.76 Å². The second-order valence-corrected chi connectivity index (χ2v) is 7.35. The first-order valence-electron chi connectivity index (χ1n) is 10.3. The van der Waals surface area contributed by atoms with Gasteiger partial charge in [0.15, 0.2) is 0 Å². The van der Waals surface area contributed by atoms with E-state index in [1.165, 1.54) is 11.1 Å². The summed E-state index contributed by atoms with van der Waals surface area (Å²) in [6.45, 7) is 5.46. The van der Waals surface area contributed by atoms with E-state index in [0.29, 0.717) is 24.8 Å². The quantitative estimate of drug-likeness (QED) is 0.433. The Morgan fingerprint density at radius 3 is 2.93 bits per heavy atom. The van der Waals surface area contributed by atoms with Gasteiger partial charge in [-0.2, -0.15) is 0 Å². The molecular formula is C24H27NO4. The third-order valence-electron chi connectivity index (χ3n) is 5.48. The maximum absolute atomic E-state index is 12.1. The highest BCUT2D eigenvalue weighted by Crippen LogP contribution is 2.34. The third kappa shape index (κ3) is 4.01. The van der Waals surface area contributed by atoms with E-state index in [9.17, 15) is 4.79 Å². The molecule has 152 valence electrons. The lowest BCUT2D eigenvalue weighted by Crippen LogP contribution is -2.21. The first-order valence-corrected chi connectivity index (χ1v) is 10.3. The van der Waals surface area contributed by atoms with Crippen LogP contribution in [-0.2, 0) is 11.2 Å². The Labute approximate surface area is 171 Å². The molecule has 1 atom stereocenters. The van der Waals surface area contributed by atoms with Crippen LogP contribution in [0.5, 0.6) is 5.75 Å². The Hall–Kier alpha value is -2.79. The monoisotopic (exact) mass is 393 g/mol. The van der Waals surface area contributed by atoms with E-state index >= 15 is 0 Å². The fourth-order valence-corrected chi connectivity index (χ4v) is 4.08. The van der Waals surface area contributed by atoms with Crippen molar-refractivity contribution in [3.8, 4) is 5.75 Å². The highest BCUT2D eigenvalue weighted by atomic mass is 16.5. The van der Waals surface area contributed by atoms with Crippen LogP contribution < -0.4 is 10.1 Å². The number of carbonyl (C=O) groups excluding carboxylic acids is 1. The van der Waals surface area contributed by atoms with Crippen LogP contribution in [0, 0.1) is 6.92 Å². The van der Waals surface area contributed by atoms with Gasteiger partial charge in [-0.05, 0) is 62.9 Å². The zero-order chi connectivity index (χ0) is 20.2. The molecule has 4 rings (SSSR count). The zero-order valence-corrected chi connectivity index (χ0v) is 17.0. The van der Waals surface area contributed by atoms with Crippen molar-refractivity contribution < 1.29 is 18.7 Å². The predicted molar refractivity (Wildman–Crippen MR) is 113 cm³/mol. The molecule has 0 saturated carbocycles. The molecule has 0 aliphatic heterocycles. The van der Waals surface area contributed by atoms with Gasteiger partial charge in [-0.3, -0.25) is 0 Å². The van der Waals surface area contributed by atoms with Gasteiger partial charge in [-0.15, -0.1) is 0 Å². The number of rotatable bonds is 8. The van der Waals surface area contributed by atoms with Gasteiger partial charge in [-0.25, -0.2) is 4.79 Å². The summed E-state index contributed by atoms with van der Waals surface area (Å²) in [7, 11) is 0. The number of ether oxygens (including phenoxy) is 2. The van der Waals surface area contributed by atoms with Gasteiger partial charge in [-0.1, -0.05) is 30.3 Å². The van der Waals surface area contributed by atoms with Crippen molar-refractivity contribution in [3.05, 3.63) is 64.9 Å². The molecule has 0 saturated heterocycles. The summed E-state index contributed by atoms with van der Waals surface area (Å²) in [4.78, 5) is 12.1. The van der Waals surface area contributed by atoms with Gasteiger partial charge in [0.25, 0.3) is 0 Å². The van der Waals surface area contributed by atoms with E-state index in [0.717, 1.165) is 42.5 Å². The lowest BCUT2D eigenvalue weighted by atomic mass is 10.1. The predicted octanol–water partition coefficient (Wildman–Crippen LogP) is 4.96. The number of furan rings is 1. The van der Waals surface area contributed by atoms with Gasteiger partial charge in [0.05, 0.1) is 18.6 Å². The minimum absolute atomic E-state index is 0.250. The molecule has 0 amide bonds. The maximum atomic E-state index is 12.1. The Morgan fingerprint density at radius 2 is 2.07 bits per heavy atom. The molecule has 5 heteroatoms. The summed E-state index contributed by atoms with van der Waals surface area (Å²) < 4.78 is 16.8. The molecule has 1 heterocycles. The second-order valence-electron chi connectivity index (χ2n) is 7.35. The molecule has 1 unspecified atom stereocenters. The minimum atomic E-state index is -0.437. The fourth-order valence-electron chi connectivity index (χ4n) is 4.08. The number of nitrogens with one attached hydrogen (secondary N) is 1. The van der Waals surface area contributed by atoms with Crippen LogP contribution >= 0.6 is 0 Å². The third-order valence-corrected chi connectivity index (χ3v) is 5.48. The molecule has 2 aromatic carbocycles. The summed E-state index contributed by atoms with van der Waals surface area (Å²) in [6.07, 6.45) is 3.20. The number of aryl methyl sites for hydroxylation is 2. The molecule has 0 radical (unpaired) electrons. The molecular weight excluding hydrogens is 366 g/mol. The van der Waals surface area contributed by atoms with E-state index in [1.54, 1.807) is 6.92 Å². The van der Waals surface area contributed by atoms with Crippen molar-refractivity contribution in [2.24, 2.45) is 0 Å². The van der Waals surface area contributed by atoms with Crippen LogP contribution in [0.2, 0.25) is 0 Å². The van der Waals surface area contributed by atoms with Crippen LogP contribution in [0.15, 0.2) is 46.9 Å². The van der Waals surface area contributed by atoms with Crippen LogP contribution in [-0.4, -0.2) is 25.7 Å². The highest BCUT2D eigenvalue weighted by Gasteiger charge is 2.22. The SMILES string of the molecule is CCOC(=O)c1oc2cccc(OCCCNC3CCc4ccccc43)c2c1C. The fraction of sp³-hybridized carbons (Fsp3) is 0.375. The van der Waals surface area contributed by atoms with Gasteiger partial charge in [0.2, 0.25) is 5.76 Å². The molecule has 0 spiro atoms. The Balaban J connectivity index is 1.35. The van der Waals surface area contributed by atoms with Gasteiger partial charge < -0.3 is 19.2 Å². The van der Waals surface area contributed by atoms with E-state index < -0.39 is 5.97 Å². The van der Waals surface area contributed by atoms with Crippen molar-refractivity contribution in [2.45, 2.75) is 39.2 Å². The largest absolute Gasteiger partial charge is 0.493 e. The number of fused-ring (bicyclic) bond motifs is 2. The molecule has 5 nitrogen and oxygen atoms in total. The van der Waals surface area contributed by atoms with Crippen molar-refractivity contribution in [1.82, 2.24) is 5.32 Å². The molecule has 0 fully saturated rings.